The molecule has 0 rings (SSSR count). The van der Waals surface area contributed by atoms with Crippen molar-refractivity contribution in [1.29, 1.82) is 0 Å². The Hall–Kier alpha value is 0.269. The van der Waals surface area contributed by atoms with E-state index >= 15 is 0 Å². The van der Waals surface area contributed by atoms with Gasteiger partial charge in [-0.05, 0) is 0 Å². The largest absolute Gasteiger partial charge is 4.00 e. The van der Waals surface area contributed by atoms with Crippen molar-refractivity contribution in [3.05, 3.63) is 0 Å². The molecular formula is CH5N2Sn+5. The molecule has 0 atom stereocenters. The van der Waals surface area contributed by atoms with Gasteiger partial charge in [-0.1, -0.05) is 0 Å². The topological polar surface area (TPSA) is 51.6 Å². The Morgan fingerprint density at radius 2 is 1.75 bits per heavy atom. The molecule has 3 heteroatoms. The van der Waals surface area contributed by atoms with E-state index in [0.29, 0.717) is 0 Å². The third-order valence-corrected chi connectivity index (χ3v) is 0. The van der Waals surface area contributed by atoms with E-state index in [1.807, 2.05) is 0 Å². The SMILES string of the molecule is NC=[NH2+].[Sn+4]. The molecule has 0 aromatic rings. The zero-order valence-electron chi connectivity index (χ0n) is 2.23. The van der Waals surface area contributed by atoms with Crippen LogP contribution in [0.15, 0.2) is 0 Å². The van der Waals surface area contributed by atoms with Gasteiger partial charge < -0.3 is 0 Å². The summed E-state index contributed by atoms with van der Waals surface area (Å²) in [5.74, 6) is 0. The van der Waals surface area contributed by atoms with Crippen molar-refractivity contribution in [2.24, 2.45) is 5.73 Å². The van der Waals surface area contributed by atoms with E-state index in [1.165, 1.54) is 0 Å². The van der Waals surface area contributed by atoms with Crippen LogP contribution in [0.3, 0.4) is 0 Å². The molecule has 0 heterocycles. The molecular weight excluding hydrogens is 159 g/mol. The molecule has 0 bridgehead atoms. The summed E-state index contributed by atoms with van der Waals surface area (Å²) in [5, 5.41) is 4.50. The molecule has 0 aromatic carbocycles. The normalized spacial score (nSPS) is 3.00. The molecule has 0 saturated carbocycles. The average molecular weight is 164 g/mol. The van der Waals surface area contributed by atoms with Crippen LogP contribution in [0.2, 0.25) is 0 Å². The molecule has 2 nitrogen and oxygen atoms in total. The molecule has 0 unspecified atom stereocenters. The number of hydrogen-bond donors (Lipinski definition) is 2. The molecule has 4 N–H and O–H groups in total. The first-order valence-electron chi connectivity index (χ1n) is 0.667. The summed E-state index contributed by atoms with van der Waals surface area (Å²) in [6, 6.07) is 0. The van der Waals surface area contributed by atoms with Crippen LogP contribution in [0, 0.1) is 0 Å². The van der Waals surface area contributed by atoms with Crippen LogP contribution in [-0.4, -0.2) is 30.2 Å². The van der Waals surface area contributed by atoms with E-state index in [1.54, 1.807) is 0 Å². The molecule has 0 fully saturated rings. The van der Waals surface area contributed by atoms with Crippen LogP contribution in [-0.2, 0) is 0 Å². The zero-order chi connectivity index (χ0) is 2.71. The Morgan fingerprint density at radius 3 is 1.75 bits per heavy atom. The smallest absolute Gasteiger partial charge is 0.294 e. The van der Waals surface area contributed by atoms with E-state index in [-0.39, 0.29) is 23.9 Å². The second kappa shape index (κ2) is 10.5. The number of nitrogens with two attached hydrogens (primary N) is 2. The van der Waals surface area contributed by atoms with E-state index in [9.17, 15) is 0 Å². The average Bonchev–Trinajstić information content (AvgIpc) is 0.918. The van der Waals surface area contributed by atoms with Crippen molar-refractivity contribution in [3.8, 4) is 0 Å². The van der Waals surface area contributed by atoms with Crippen LogP contribution < -0.4 is 11.1 Å². The molecule has 0 aliphatic carbocycles. The van der Waals surface area contributed by atoms with Gasteiger partial charge in [-0.15, -0.1) is 0 Å². The molecule has 0 aliphatic heterocycles. The Morgan fingerprint density at radius 1 is 1.75 bits per heavy atom. The van der Waals surface area contributed by atoms with Crippen molar-refractivity contribution >= 4 is 30.2 Å². The fourth-order valence-electron chi connectivity index (χ4n) is 0. The van der Waals surface area contributed by atoms with Gasteiger partial charge in [0.2, 0.25) is 6.34 Å². The molecule has 4 heavy (non-hydrogen) atoms. The van der Waals surface area contributed by atoms with E-state index in [2.05, 4.69) is 11.1 Å². The second-order valence-electron chi connectivity index (χ2n) is 0.192. The number of hydrogen-bond acceptors (Lipinski definition) is 0. The minimum absolute atomic E-state index is 0. The molecule has 0 aromatic heterocycles. The van der Waals surface area contributed by atoms with Gasteiger partial charge in [-0.25, -0.2) is 0 Å². The predicted molar refractivity (Wildman–Crippen MR) is 17.9 cm³/mol. The van der Waals surface area contributed by atoms with Crippen LogP contribution in [0.5, 0.6) is 0 Å². The van der Waals surface area contributed by atoms with E-state index < -0.39 is 0 Å². The van der Waals surface area contributed by atoms with Crippen LogP contribution in [0.25, 0.3) is 0 Å². The molecule has 0 radical (unpaired) electrons. The Bertz CT molecular complexity index is 13.5. The first-order chi connectivity index (χ1) is 1.41. The maximum absolute atomic E-state index is 4.50. The molecule has 0 saturated heterocycles. The van der Waals surface area contributed by atoms with Crippen LogP contribution in [0.1, 0.15) is 0 Å². The van der Waals surface area contributed by atoms with Crippen molar-refractivity contribution < 1.29 is 5.41 Å². The maximum Gasteiger partial charge on any atom is 4.00 e. The van der Waals surface area contributed by atoms with Crippen molar-refractivity contribution in [1.82, 2.24) is 0 Å². The van der Waals surface area contributed by atoms with Gasteiger partial charge in [0.1, 0.15) is 0 Å². The quantitative estimate of drug-likeness (QED) is 0.229. The van der Waals surface area contributed by atoms with Crippen LogP contribution in [0.4, 0.5) is 0 Å². The Labute approximate surface area is 41.8 Å². The third-order valence-electron chi connectivity index (χ3n) is 0. The third kappa shape index (κ3) is 50.6. The summed E-state index contributed by atoms with van der Waals surface area (Å²) in [4.78, 5) is 0. The van der Waals surface area contributed by atoms with E-state index in [4.69, 9.17) is 0 Å². The Balaban J connectivity index is 0. The molecule has 18 valence electrons. The van der Waals surface area contributed by atoms with Gasteiger partial charge in [0.15, 0.2) is 0 Å². The second-order valence-corrected chi connectivity index (χ2v) is 0.192. The van der Waals surface area contributed by atoms with E-state index in [0.717, 1.165) is 6.34 Å². The first-order valence-corrected chi connectivity index (χ1v) is 0.667. The van der Waals surface area contributed by atoms with Gasteiger partial charge in [-0.2, -0.15) is 0 Å². The molecule has 0 spiro atoms. The van der Waals surface area contributed by atoms with Gasteiger partial charge in [0.05, 0.1) is 0 Å². The summed E-state index contributed by atoms with van der Waals surface area (Å²) < 4.78 is 0. The minimum atomic E-state index is 0. The standard InChI is InChI=1S/CH4N2.Sn/c2-1-3;/h1H,(H3,2,3);/q;+4/p+1. The summed E-state index contributed by atoms with van der Waals surface area (Å²) in [6.07, 6.45) is 1.00. The predicted octanol–water partition coefficient (Wildman–Crippen LogP) is -2.65. The monoisotopic (exact) mass is 165 g/mol. The van der Waals surface area contributed by atoms with Gasteiger partial charge in [0.25, 0.3) is 0 Å². The van der Waals surface area contributed by atoms with Crippen LogP contribution >= 0.6 is 0 Å². The zero-order valence-corrected chi connectivity index (χ0v) is 5.09. The number of rotatable bonds is 0. The fraction of sp³-hybridized carbons (Fsp3) is 0. The Kier molecular flexibility index (Phi) is 23.2. The summed E-state index contributed by atoms with van der Waals surface area (Å²) in [7, 11) is 0. The van der Waals surface area contributed by atoms with Crippen molar-refractivity contribution in [2.45, 2.75) is 0 Å². The van der Waals surface area contributed by atoms with Crippen molar-refractivity contribution in [3.63, 3.8) is 0 Å². The molecule has 0 amide bonds. The fourth-order valence-corrected chi connectivity index (χ4v) is 0. The van der Waals surface area contributed by atoms with Gasteiger partial charge in [0, 0.05) is 0 Å². The minimum Gasteiger partial charge on any atom is -0.294 e. The van der Waals surface area contributed by atoms with Gasteiger partial charge >= 0.3 is 23.9 Å². The summed E-state index contributed by atoms with van der Waals surface area (Å²) >= 11 is 0. The van der Waals surface area contributed by atoms with Gasteiger partial charge in [-0.3, -0.25) is 11.1 Å². The summed E-state index contributed by atoms with van der Waals surface area (Å²) in [5.41, 5.74) is 4.50. The molecule has 0 aliphatic rings. The summed E-state index contributed by atoms with van der Waals surface area (Å²) in [6.45, 7) is 0. The first kappa shape index (κ1) is 8.86. The maximum atomic E-state index is 4.50. The van der Waals surface area contributed by atoms with Crippen molar-refractivity contribution in [2.75, 3.05) is 0 Å².